The van der Waals surface area contributed by atoms with Crippen LogP contribution in [-0.4, -0.2) is 17.0 Å². The number of benzene rings is 3. The van der Waals surface area contributed by atoms with Gasteiger partial charge in [-0.1, -0.05) is 54.6 Å². The Morgan fingerprint density at radius 1 is 0.759 bits per heavy atom. The summed E-state index contributed by atoms with van der Waals surface area (Å²) in [6, 6.07) is 32.5. The number of rotatable bonds is 7. The van der Waals surface area contributed by atoms with Crippen LogP contribution in [0.4, 0.5) is 0 Å². The Bertz CT molecular complexity index is 801. The molecule has 0 heterocycles. The average Bonchev–Trinajstić information content (AvgIpc) is 2.73. The summed E-state index contributed by atoms with van der Waals surface area (Å²) >= 11 is 0. The monoisotopic (exact) mass is 409 g/mol. The molecule has 0 aliphatic rings. The summed E-state index contributed by atoms with van der Waals surface area (Å²) in [5, 5.41) is 18.9. The minimum atomic E-state index is -1.76. The molecule has 6 heteroatoms. The van der Waals surface area contributed by atoms with Crippen molar-refractivity contribution in [2.24, 2.45) is 0 Å². The van der Waals surface area contributed by atoms with Gasteiger partial charge in [-0.25, -0.2) is 0 Å². The van der Waals surface area contributed by atoms with Crippen LogP contribution in [0, 0.1) is 15.3 Å². The van der Waals surface area contributed by atoms with Crippen molar-refractivity contribution in [1.29, 1.82) is 0 Å². The van der Waals surface area contributed by atoms with E-state index in [1.54, 1.807) is 6.92 Å². The molecule has 0 radical (unpaired) electrons. The molecule has 3 aromatic carbocycles. The molecule has 0 fully saturated rings. The highest BCUT2D eigenvalue weighted by Gasteiger charge is 2.44. The predicted molar refractivity (Wildman–Crippen MR) is 120 cm³/mol. The van der Waals surface area contributed by atoms with Crippen LogP contribution < -0.4 is 15.9 Å². The van der Waals surface area contributed by atoms with Crippen molar-refractivity contribution in [3.8, 4) is 0 Å². The molecule has 0 aliphatic carbocycles. The third kappa shape index (κ3) is 6.23. The van der Waals surface area contributed by atoms with E-state index < -0.39 is 12.3 Å². The Labute approximate surface area is 171 Å². The molecule has 150 valence electrons. The SMILES string of the molecule is CC(=O)CCC[P+](c1ccccc1)(c1ccccc1)c1ccccc1.O=[N+]([O-])[O-]. The molecule has 0 unspecified atom stereocenters. The Kier molecular flexibility index (Phi) is 8.50. The maximum Gasteiger partial charge on any atom is 0.129 e. The first-order valence-electron chi connectivity index (χ1n) is 9.32. The zero-order chi connectivity index (χ0) is 21.1. The fourth-order valence-electron chi connectivity index (χ4n) is 3.45. The zero-order valence-electron chi connectivity index (χ0n) is 16.3. The van der Waals surface area contributed by atoms with E-state index in [4.69, 9.17) is 15.3 Å². The lowest BCUT2D eigenvalue weighted by Gasteiger charge is -2.27. The summed E-state index contributed by atoms with van der Waals surface area (Å²) in [6.07, 6.45) is 2.58. The molecule has 5 nitrogen and oxygen atoms in total. The largest absolute Gasteiger partial charge is 0.356 e. The Balaban J connectivity index is 0.000000687. The third-order valence-corrected chi connectivity index (χ3v) is 9.14. The number of hydrogen-bond donors (Lipinski definition) is 0. The van der Waals surface area contributed by atoms with Crippen LogP contribution in [-0.2, 0) is 4.79 Å². The van der Waals surface area contributed by atoms with Gasteiger partial charge in [0.2, 0.25) is 0 Å². The van der Waals surface area contributed by atoms with Crippen LogP contribution in [0.25, 0.3) is 0 Å². The Morgan fingerprint density at radius 3 is 1.34 bits per heavy atom. The molecule has 0 bridgehead atoms. The van der Waals surface area contributed by atoms with Gasteiger partial charge in [-0.15, -0.1) is 0 Å². The lowest BCUT2D eigenvalue weighted by atomic mass is 10.3. The second kappa shape index (κ2) is 11.1. The van der Waals surface area contributed by atoms with Crippen LogP contribution in [0.5, 0.6) is 0 Å². The zero-order valence-corrected chi connectivity index (χ0v) is 17.2. The van der Waals surface area contributed by atoms with Crippen LogP contribution in [0.1, 0.15) is 19.8 Å². The van der Waals surface area contributed by atoms with E-state index in [2.05, 4.69) is 91.0 Å². The Hall–Kier alpha value is -3.04. The molecule has 0 spiro atoms. The van der Waals surface area contributed by atoms with Crippen molar-refractivity contribution < 1.29 is 9.88 Å². The standard InChI is InChI=1S/C23H24OP.NO3/c1-20(24)12-11-19-25(21-13-5-2-6-14-21,22-15-7-3-8-16-22)23-17-9-4-10-18-23;2-1(3)4/h2-10,13-18H,11-12,19H2,1H3;/q+1;-1. The van der Waals surface area contributed by atoms with E-state index in [1.165, 1.54) is 15.9 Å². The van der Waals surface area contributed by atoms with Gasteiger partial charge in [0.05, 0.1) is 11.2 Å². The fourth-order valence-corrected chi connectivity index (χ4v) is 7.79. The molecular formula is C23H24NO4P. The maximum absolute atomic E-state index is 11.6. The number of nitrogens with zero attached hydrogens (tertiary/aromatic N) is 1. The van der Waals surface area contributed by atoms with E-state index in [0.717, 1.165) is 12.6 Å². The number of Topliss-reactive ketones (excluding diaryl/α,β-unsaturated/α-hetero) is 1. The van der Waals surface area contributed by atoms with Crippen molar-refractivity contribution in [2.75, 3.05) is 6.16 Å². The highest BCUT2D eigenvalue weighted by Crippen LogP contribution is 2.55. The molecule has 3 aromatic rings. The van der Waals surface area contributed by atoms with Gasteiger partial charge in [0.15, 0.2) is 0 Å². The maximum atomic E-state index is 11.6. The smallest absolute Gasteiger partial charge is 0.129 e. The third-order valence-electron chi connectivity index (χ3n) is 4.61. The summed E-state index contributed by atoms with van der Waals surface area (Å²) in [6.45, 7) is 1.69. The molecular weight excluding hydrogens is 385 g/mol. The lowest BCUT2D eigenvalue weighted by Crippen LogP contribution is -2.33. The minimum Gasteiger partial charge on any atom is -0.356 e. The van der Waals surface area contributed by atoms with Crippen LogP contribution in [0.15, 0.2) is 91.0 Å². The van der Waals surface area contributed by atoms with E-state index in [9.17, 15) is 4.79 Å². The normalized spacial score (nSPS) is 10.5. The number of ketones is 1. The predicted octanol–water partition coefficient (Wildman–Crippen LogP) is 4.11. The van der Waals surface area contributed by atoms with Gasteiger partial charge in [0.1, 0.15) is 29.0 Å². The molecule has 0 N–H and O–H groups in total. The van der Waals surface area contributed by atoms with E-state index >= 15 is 0 Å². The summed E-state index contributed by atoms with van der Waals surface area (Å²) in [5.74, 6) is 0.271. The van der Waals surface area contributed by atoms with Gasteiger partial charge in [0.25, 0.3) is 0 Å². The van der Waals surface area contributed by atoms with E-state index in [1.807, 2.05) is 0 Å². The quantitative estimate of drug-likeness (QED) is 0.334. The fraction of sp³-hybridized carbons (Fsp3) is 0.174. The van der Waals surface area contributed by atoms with Gasteiger partial charge in [-0.05, 0) is 49.7 Å². The average molecular weight is 409 g/mol. The van der Waals surface area contributed by atoms with Crippen molar-refractivity contribution in [3.63, 3.8) is 0 Å². The van der Waals surface area contributed by atoms with E-state index in [0.29, 0.717) is 6.42 Å². The second-order valence-corrected chi connectivity index (χ2v) is 10.2. The highest BCUT2D eigenvalue weighted by atomic mass is 31.2. The number of carbonyl (C=O) groups excluding carboxylic acids is 1. The van der Waals surface area contributed by atoms with E-state index in [-0.39, 0.29) is 5.78 Å². The topological polar surface area (TPSA) is 83.3 Å². The highest BCUT2D eigenvalue weighted by molar-refractivity contribution is 7.95. The minimum absolute atomic E-state index is 0.271. The molecule has 0 atom stereocenters. The number of hydrogen-bond acceptors (Lipinski definition) is 4. The summed E-state index contributed by atoms with van der Waals surface area (Å²) in [4.78, 5) is 19.8. The molecule has 29 heavy (non-hydrogen) atoms. The first-order valence-corrected chi connectivity index (χ1v) is 11.3. The first kappa shape index (κ1) is 22.3. The summed E-state index contributed by atoms with van der Waals surface area (Å²) < 4.78 is 0. The molecule has 0 saturated carbocycles. The number of carbonyl (C=O) groups is 1. The molecule has 0 saturated heterocycles. The second-order valence-electron chi connectivity index (χ2n) is 6.57. The van der Waals surface area contributed by atoms with Gasteiger partial charge in [0, 0.05) is 6.42 Å². The molecule has 0 amide bonds. The van der Waals surface area contributed by atoms with Crippen LogP contribution in [0.2, 0.25) is 0 Å². The van der Waals surface area contributed by atoms with Gasteiger partial charge < -0.3 is 20.1 Å². The van der Waals surface area contributed by atoms with Crippen molar-refractivity contribution in [3.05, 3.63) is 106 Å². The summed E-state index contributed by atoms with van der Waals surface area (Å²) in [5.41, 5.74) is 0. The molecule has 3 rings (SSSR count). The van der Waals surface area contributed by atoms with Gasteiger partial charge in [-0.3, -0.25) is 0 Å². The summed E-state index contributed by atoms with van der Waals surface area (Å²) in [7, 11) is -1.76. The lowest BCUT2D eigenvalue weighted by molar-refractivity contribution is -0.402. The van der Waals surface area contributed by atoms with Gasteiger partial charge in [-0.2, -0.15) is 0 Å². The van der Waals surface area contributed by atoms with Gasteiger partial charge >= 0.3 is 0 Å². The van der Waals surface area contributed by atoms with Crippen molar-refractivity contribution in [1.82, 2.24) is 0 Å². The van der Waals surface area contributed by atoms with Crippen LogP contribution >= 0.6 is 7.26 Å². The van der Waals surface area contributed by atoms with Crippen molar-refractivity contribution >= 4 is 29.0 Å². The first-order chi connectivity index (χ1) is 14.0. The molecule has 0 aliphatic heterocycles. The Morgan fingerprint density at radius 2 is 1.07 bits per heavy atom. The van der Waals surface area contributed by atoms with Crippen molar-refractivity contribution in [2.45, 2.75) is 19.8 Å². The van der Waals surface area contributed by atoms with Crippen LogP contribution in [0.3, 0.4) is 0 Å². The molecule has 0 aromatic heterocycles.